The molecule has 1 heterocycles. The summed E-state index contributed by atoms with van der Waals surface area (Å²) in [4.78, 5) is 11.1. The summed E-state index contributed by atoms with van der Waals surface area (Å²) >= 11 is 0. The maximum absolute atomic E-state index is 11.1. The average molecular weight is 233 g/mol. The SMILES string of the molecule is CC(=O)N(C)NCc1cccc2c1nnn2C. The lowest BCUT2D eigenvalue weighted by atomic mass is 10.2. The van der Waals surface area contributed by atoms with Crippen molar-refractivity contribution in [1.82, 2.24) is 25.4 Å². The fourth-order valence-electron chi connectivity index (χ4n) is 1.57. The molecular formula is C11H15N5O. The second-order valence-corrected chi connectivity index (χ2v) is 3.91. The average Bonchev–Trinajstić information content (AvgIpc) is 2.69. The number of hydrogen-bond acceptors (Lipinski definition) is 4. The number of fused-ring (bicyclic) bond motifs is 1. The van der Waals surface area contributed by atoms with Gasteiger partial charge < -0.3 is 0 Å². The molecule has 0 radical (unpaired) electrons. The molecule has 6 heteroatoms. The van der Waals surface area contributed by atoms with Crippen molar-refractivity contribution in [1.29, 1.82) is 0 Å². The number of hydrogen-bond donors (Lipinski definition) is 1. The van der Waals surface area contributed by atoms with Crippen LogP contribution in [-0.4, -0.2) is 33.0 Å². The molecule has 1 aromatic carbocycles. The first-order valence-corrected chi connectivity index (χ1v) is 5.34. The highest BCUT2D eigenvalue weighted by Crippen LogP contribution is 2.14. The van der Waals surface area contributed by atoms with Crippen molar-refractivity contribution < 1.29 is 4.79 Å². The Morgan fingerprint density at radius 1 is 1.53 bits per heavy atom. The molecule has 0 aliphatic carbocycles. The molecule has 1 N–H and O–H groups in total. The van der Waals surface area contributed by atoms with E-state index in [2.05, 4.69) is 15.7 Å². The number of nitrogens with one attached hydrogen (secondary N) is 1. The number of aryl methyl sites for hydroxylation is 1. The van der Waals surface area contributed by atoms with Crippen LogP contribution in [0.1, 0.15) is 12.5 Å². The van der Waals surface area contributed by atoms with E-state index in [0.717, 1.165) is 16.6 Å². The summed E-state index contributed by atoms with van der Waals surface area (Å²) in [6.45, 7) is 2.06. The van der Waals surface area contributed by atoms with Crippen molar-refractivity contribution in [3.63, 3.8) is 0 Å². The van der Waals surface area contributed by atoms with Crippen molar-refractivity contribution in [2.24, 2.45) is 7.05 Å². The van der Waals surface area contributed by atoms with Crippen LogP contribution in [0.25, 0.3) is 11.0 Å². The fraction of sp³-hybridized carbons (Fsp3) is 0.364. The van der Waals surface area contributed by atoms with Gasteiger partial charge in [-0.1, -0.05) is 17.3 Å². The van der Waals surface area contributed by atoms with E-state index in [-0.39, 0.29) is 5.91 Å². The van der Waals surface area contributed by atoms with Crippen LogP contribution in [0.3, 0.4) is 0 Å². The lowest BCUT2D eigenvalue weighted by Gasteiger charge is -2.16. The number of rotatable bonds is 3. The molecular weight excluding hydrogens is 218 g/mol. The van der Waals surface area contributed by atoms with Crippen LogP contribution in [0.2, 0.25) is 0 Å². The zero-order valence-electron chi connectivity index (χ0n) is 10.1. The highest BCUT2D eigenvalue weighted by Gasteiger charge is 2.07. The van der Waals surface area contributed by atoms with Crippen LogP contribution in [0.5, 0.6) is 0 Å². The Balaban J connectivity index is 2.21. The summed E-state index contributed by atoms with van der Waals surface area (Å²) in [7, 11) is 3.55. The lowest BCUT2D eigenvalue weighted by molar-refractivity contribution is -0.130. The fourth-order valence-corrected chi connectivity index (χ4v) is 1.57. The minimum absolute atomic E-state index is 0.0312. The van der Waals surface area contributed by atoms with Crippen LogP contribution >= 0.6 is 0 Å². The van der Waals surface area contributed by atoms with E-state index in [4.69, 9.17) is 0 Å². The zero-order chi connectivity index (χ0) is 12.4. The molecule has 1 amide bonds. The third kappa shape index (κ3) is 2.26. The van der Waals surface area contributed by atoms with Gasteiger partial charge in [-0.05, 0) is 11.6 Å². The minimum Gasteiger partial charge on any atom is -0.281 e. The van der Waals surface area contributed by atoms with E-state index < -0.39 is 0 Å². The molecule has 0 aliphatic heterocycles. The third-order valence-electron chi connectivity index (χ3n) is 2.70. The van der Waals surface area contributed by atoms with Gasteiger partial charge in [0, 0.05) is 27.6 Å². The first-order chi connectivity index (χ1) is 8.09. The van der Waals surface area contributed by atoms with Crippen molar-refractivity contribution in [2.45, 2.75) is 13.5 Å². The van der Waals surface area contributed by atoms with E-state index in [1.807, 2.05) is 25.2 Å². The van der Waals surface area contributed by atoms with Gasteiger partial charge in [-0.25, -0.2) is 10.1 Å². The Labute approximate surface area is 99.2 Å². The molecule has 0 unspecified atom stereocenters. The molecule has 2 aromatic rings. The molecule has 6 nitrogen and oxygen atoms in total. The van der Waals surface area contributed by atoms with E-state index >= 15 is 0 Å². The first-order valence-electron chi connectivity index (χ1n) is 5.34. The second-order valence-electron chi connectivity index (χ2n) is 3.91. The number of carbonyl (C=O) groups is 1. The Kier molecular flexibility index (Phi) is 3.06. The topological polar surface area (TPSA) is 63.1 Å². The highest BCUT2D eigenvalue weighted by molar-refractivity contribution is 5.78. The molecule has 0 aliphatic rings. The predicted octanol–water partition coefficient (Wildman–Crippen LogP) is 0.451. The largest absolute Gasteiger partial charge is 0.281 e. The van der Waals surface area contributed by atoms with Gasteiger partial charge in [-0.15, -0.1) is 5.10 Å². The number of nitrogens with zero attached hydrogens (tertiary/aromatic N) is 4. The predicted molar refractivity (Wildman–Crippen MR) is 63.8 cm³/mol. The molecule has 0 saturated heterocycles. The smallest absolute Gasteiger partial charge is 0.233 e. The molecule has 0 atom stereocenters. The summed E-state index contributed by atoms with van der Waals surface area (Å²) in [6, 6.07) is 5.89. The number of benzene rings is 1. The molecule has 17 heavy (non-hydrogen) atoms. The number of aromatic nitrogens is 3. The number of carbonyl (C=O) groups excluding carboxylic acids is 1. The zero-order valence-corrected chi connectivity index (χ0v) is 10.1. The van der Waals surface area contributed by atoms with Crippen molar-refractivity contribution in [3.05, 3.63) is 23.8 Å². The van der Waals surface area contributed by atoms with Crippen LogP contribution < -0.4 is 5.43 Å². The third-order valence-corrected chi connectivity index (χ3v) is 2.70. The van der Waals surface area contributed by atoms with E-state index in [1.54, 1.807) is 11.7 Å². The first kappa shape index (κ1) is 11.5. The number of amides is 1. The van der Waals surface area contributed by atoms with Gasteiger partial charge in [0.05, 0.1) is 5.52 Å². The van der Waals surface area contributed by atoms with Crippen molar-refractivity contribution in [2.75, 3.05) is 7.05 Å². The van der Waals surface area contributed by atoms with Crippen LogP contribution in [0, 0.1) is 0 Å². The molecule has 0 spiro atoms. The minimum atomic E-state index is -0.0312. The molecule has 2 rings (SSSR count). The van der Waals surface area contributed by atoms with Gasteiger partial charge >= 0.3 is 0 Å². The summed E-state index contributed by atoms with van der Waals surface area (Å²) < 4.78 is 1.73. The van der Waals surface area contributed by atoms with Crippen LogP contribution in [-0.2, 0) is 18.4 Å². The summed E-state index contributed by atoms with van der Waals surface area (Å²) in [5.74, 6) is -0.0312. The standard InChI is InChI=1S/C11H15N5O/c1-8(17)15(2)12-7-9-5-4-6-10-11(9)13-14-16(10)3/h4-6,12H,7H2,1-3H3. The quantitative estimate of drug-likeness (QED) is 0.782. The van der Waals surface area contributed by atoms with E-state index in [9.17, 15) is 4.79 Å². The lowest BCUT2D eigenvalue weighted by Crippen LogP contribution is -2.37. The van der Waals surface area contributed by atoms with Crippen LogP contribution in [0.4, 0.5) is 0 Å². The van der Waals surface area contributed by atoms with E-state index in [0.29, 0.717) is 6.54 Å². The molecule has 0 saturated carbocycles. The Bertz CT molecular complexity index is 548. The summed E-state index contributed by atoms with van der Waals surface area (Å²) in [6.07, 6.45) is 0. The second kappa shape index (κ2) is 4.50. The summed E-state index contributed by atoms with van der Waals surface area (Å²) in [5, 5.41) is 9.54. The Morgan fingerprint density at radius 3 is 3.00 bits per heavy atom. The molecule has 0 bridgehead atoms. The van der Waals surface area contributed by atoms with Crippen molar-refractivity contribution >= 4 is 16.9 Å². The number of hydrazine groups is 1. The van der Waals surface area contributed by atoms with Gasteiger partial charge in [0.2, 0.25) is 5.91 Å². The Morgan fingerprint density at radius 2 is 2.29 bits per heavy atom. The Hall–Kier alpha value is -1.95. The maximum Gasteiger partial charge on any atom is 0.233 e. The maximum atomic E-state index is 11.1. The van der Waals surface area contributed by atoms with Gasteiger partial charge in [0.25, 0.3) is 0 Å². The molecule has 0 fully saturated rings. The highest BCUT2D eigenvalue weighted by atomic mass is 16.2. The van der Waals surface area contributed by atoms with Gasteiger partial charge in [0.1, 0.15) is 5.52 Å². The van der Waals surface area contributed by atoms with Gasteiger partial charge in [0.15, 0.2) is 0 Å². The van der Waals surface area contributed by atoms with Gasteiger partial charge in [-0.2, -0.15) is 0 Å². The molecule has 1 aromatic heterocycles. The van der Waals surface area contributed by atoms with Gasteiger partial charge in [-0.3, -0.25) is 9.80 Å². The van der Waals surface area contributed by atoms with E-state index in [1.165, 1.54) is 11.9 Å². The summed E-state index contributed by atoms with van der Waals surface area (Å²) in [5.41, 5.74) is 5.87. The van der Waals surface area contributed by atoms with Crippen LogP contribution in [0.15, 0.2) is 18.2 Å². The normalized spacial score (nSPS) is 10.8. The molecule has 90 valence electrons. The monoisotopic (exact) mass is 233 g/mol. The van der Waals surface area contributed by atoms with Crippen molar-refractivity contribution in [3.8, 4) is 0 Å².